The molecule has 2 amide bonds. The van der Waals surface area contributed by atoms with E-state index in [1.165, 1.54) is 31.3 Å². The summed E-state index contributed by atoms with van der Waals surface area (Å²) in [5.41, 5.74) is 2.71. The Balaban J connectivity index is 1.88. The summed E-state index contributed by atoms with van der Waals surface area (Å²) in [6.45, 7) is 1.34. The SMILES string of the molecule is CC(=O)Nc1nnc(CC(=O)NN=Cc2cccc([N+](=O)[O-])c2)s1. The second-order valence-electron chi connectivity index (χ2n) is 4.50. The lowest BCUT2D eigenvalue weighted by Crippen LogP contribution is -2.19. The minimum Gasteiger partial charge on any atom is -0.301 e. The quantitative estimate of drug-likeness (QED) is 0.455. The van der Waals surface area contributed by atoms with E-state index in [1.54, 1.807) is 6.07 Å². The van der Waals surface area contributed by atoms with Crippen LogP contribution in [0.2, 0.25) is 0 Å². The molecule has 0 saturated heterocycles. The number of nitro groups is 1. The first-order valence-electron chi connectivity index (χ1n) is 6.60. The number of carbonyl (C=O) groups excluding carboxylic acids is 2. The van der Waals surface area contributed by atoms with Crippen LogP contribution in [0.5, 0.6) is 0 Å². The molecule has 11 heteroatoms. The minimum absolute atomic E-state index is 0.0521. The number of hydrazone groups is 1. The number of rotatable bonds is 6. The van der Waals surface area contributed by atoms with E-state index in [9.17, 15) is 19.7 Å². The molecule has 2 N–H and O–H groups in total. The molecule has 1 aromatic heterocycles. The molecule has 1 aromatic carbocycles. The molecule has 0 aliphatic rings. The topological polar surface area (TPSA) is 139 Å². The van der Waals surface area contributed by atoms with Crippen molar-refractivity contribution in [2.75, 3.05) is 5.32 Å². The monoisotopic (exact) mass is 348 g/mol. The summed E-state index contributed by atoms with van der Waals surface area (Å²) in [7, 11) is 0. The Labute approximate surface area is 139 Å². The molecule has 10 nitrogen and oxygen atoms in total. The molecule has 24 heavy (non-hydrogen) atoms. The maximum Gasteiger partial charge on any atom is 0.270 e. The first kappa shape index (κ1) is 17.1. The van der Waals surface area contributed by atoms with Gasteiger partial charge in [-0.2, -0.15) is 5.10 Å². The Morgan fingerprint density at radius 3 is 2.92 bits per heavy atom. The second-order valence-corrected chi connectivity index (χ2v) is 5.57. The predicted octanol–water partition coefficient (Wildman–Crippen LogP) is 1.10. The lowest BCUT2D eigenvalue weighted by Gasteiger charge is -1.97. The third kappa shape index (κ3) is 5.21. The third-order valence-electron chi connectivity index (χ3n) is 2.55. The third-order valence-corrected chi connectivity index (χ3v) is 3.38. The molecule has 0 atom stereocenters. The van der Waals surface area contributed by atoms with E-state index in [-0.39, 0.29) is 18.0 Å². The maximum absolute atomic E-state index is 11.7. The molecule has 0 aliphatic heterocycles. The van der Waals surface area contributed by atoms with E-state index < -0.39 is 10.8 Å². The number of benzene rings is 1. The average Bonchev–Trinajstić information content (AvgIpc) is 2.93. The number of nitrogens with zero attached hydrogens (tertiary/aromatic N) is 4. The molecule has 0 fully saturated rings. The Morgan fingerprint density at radius 1 is 1.42 bits per heavy atom. The zero-order chi connectivity index (χ0) is 17.5. The van der Waals surface area contributed by atoms with Crippen LogP contribution in [0.25, 0.3) is 0 Å². The number of anilines is 1. The van der Waals surface area contributed by atoms with Gasteiger partial charge in [0.1, 0.15) is 5.01 Å². The van der Waals surface area contributed by atoms with E-state index in [0.29, 0.717) is 15.7 Å². The fourth-order valence-corrected chi connectivity index (χ4v) is 2.38. The van der Waals surface area contributed by atoms with Gasteiger partial charge < -0.3 is 5.32 Å². The van der Waals surface area contributed by atoms with Crippen LogP contribution in [0.1, 0.15) is 17.5 Å². The Bertz CT molecular complexity index is 803. The van der Waals surface area contributed by atoms with Crippen LogP contribution >= 0.6 is 11.3 Å². The van der Waals surface area contributed by atoms with Crippen LogP contribution in [-0.4, -0.2) is 33.1 Å². The first-order chi connectivity index (χ1) is 11.4. The van der Waals surface area contributed by atoms with Gasteiger partial charge in [0.05, 0.1) is 17.6 Å². The molecule has 124 valence electrons. The molecule has 0 unspecified atom stereocenters. The van der Waals surface area contributed by atoms with Crippen LogP contribution in [0, 0.1) is 10.1 Å². The van der Waals surface area contributed by atoms with Gasteiger partial charge in [-0.15, -0.1) is 10.2 Å². The van der Waals surface area contributed by atoms with Crippen molar-refractivity contribution in [2.24, 2.45) is 5.10 Å². The Morgan fingerprint density at radius 2 is 2.21 bits per heavy atom. The number of hydrogen-bond donors (Lipinski definition) is 2. The van der Waals surface area contributed by atoms with Crippen molar-refractivity contribution < 1.29 is 14.5 Å². The molecular weight excluding hydrogens is 336 g/mol. The molecule has 2 aromatic rings. The summed E-state index contributed by atoms with van der Waals surface area (Å²) in [6, 6.07) is 5.83. The molecular formula is C13H12N6O4S. The summed E-state index contributed by atoms with van der Waals surface area (Å²) in [4.78, 5) is 32.7. The standard InChI is InChI=1S/C13H12N6O4S/c1-8(20)15-13-18-17-12(24-13)6-11(21)16-14-7-9-3-2-4-10(5-9)19(22)23/h2-5,7H,6H2,1H3,(H,16,21)(H,15,18,20). The lowest BCUT2D eigenvalue weighted by molar-refractivity contribution is -0.384. The van der Waals surface area contributed by atoms with E-state index in [2.05, 4.69) is 26.0 Å². The summed E-state index contributed by atoms with van der Waals surface area (Å²) in [5, 5.41) is 25.1. The smallest absolute Gasteiger partial charge is 0.270 e. The molecule has 0 bridgehead atoms. The predicted molar refractivity (Wildman–Crippen MR) is 86.7 cm³/mol. The zero-order valence-corrected chi connectivity index (χ0v) is 13.2. The molecule has 2 rings (SSSR count). The number of aromatic nitrogens is 2. The highest BCUT2D eigenvalue weighted by Gasteiger charge is 2.09. The van der Waals surface area contributed by atoms with Gasteiger partial charge in [0, 0.05) is 24.6 Å². The van der Waals surface area contributed by atoms with Gasteiger partial charge in [-0.25, -0.2) is 5.43 Å². The van der Waals surface area contributed by atoms with Crippen molar-refractivity contribution in [2.45, 2.75) is 13.3 Å². The lowest BCUT2D eigenvalue weighted by atomic mass is 10.2. The van der Waals surface area contributed by atoms with Gasteiger partial charge in [-0.05, 0) is 0 Å². The highest BCUT2D eigenvalue weighted by Crippen LogP contribution is 2.15. The summed E-state index contributed by atoms with van der Waals surface area (Å²) in [5.74, 6) is -0.703. The molecule has 0 spiro atoms. The highest BCUT2D eigenvalue weighted by molar-refractivity contribution is 7.15. The minimum atomic E-state index is -0.516. The Hall–Kier alpha value is -3.21. The van der Waals surface area contributed by atoms with Crippen molar-refractivity contribution in [3.63, 3.8) is 0 Å². The van der Waals surface area contributed by atoms with Crippen molar-refractivity contribution in [3.8, 4) is 0 Å². The summed E-state index contributed by atoms with van der Waals surface area (Å²) < 4.78 is 0. The van der Waals surface area contributed by atoms with E-state index in [4.69, 9.17) is 0 Å². The van der Waals surface area contributed by atoms with Gasteiger partial charge >= 0.3 is 0 Å². The number of amides is 2. The van der Waals surface area contributed by atoms with Crippen LogP contribution in [-0.2, 0) is 16.0 Å². The summed E-state index contributed by atoms with van der Waals surface area (Å²) >= 11 is 1.08. The van der Waals surface area contributed by atoms with Gasteiger partial charge in [-0.1, -0.05) is 23.5 Å². The fraction of sp³-hybridized carbons (Fsp3) is 0.154. The van der Waals surface area contributed by atoms with Gasteiger partial charge in [-0.3, -0.25) is 19.7 Å². The number of carbonyl (C=O) groups is 2. The first-order valence-corrected chi connectivity index (χ1v) is 7.42. The Kier molecular flexibility index (Phi) is 5.63. The number of hydrogen-bond acceptors (Lipinski definition) is 8. The van der Waals surface area contributed by atoms with Gasteiger partial charge in [0.2, 0.25) is 16.9 Å². The fourth-order valence-electron chi connectivity index (χ4n) is 1.60. The largest absolute Gasteiger partial charge is 0.301 e. The van der Waals surface area contributed by atoms with Gasteiger partial charge in [0.15, 0.2) is 0 Å². The van der Waals surface area contributed by atoms with E-state index in [1.807, 2.05) is 0 Å². The number of non-ortho nitro benzene ring substituents is 1. The highest BCUT2D eigenvalue weighted by atomic mass is 32.1. The van der Waals surface area contributed by atoms with E-state index >= 15 is 0 Å². The van der Waals surface area contributed by atoms with Crippen LogP contribution in [0.4, 0.5) is 10.8 Å². The van der Waals surface area contributed by atoms with Crippen LogP contribution in [0.3, 0.4) is 0 Å². The van der Waals surface area contributed by atoms with E-state index in [0.717, 1.165) is 11.3 Å². The van der Waals surface area contributed by atoms with Crippen LogP contribution in [0.15, 0.2) is 29.4 Å². The zero-order valence-electron chi connectivity index (χ0n) is 12.4. The molecule has 0 saturated carbocycles. The number of nitro benzene ring substituents is 1. The molecule has 1 heterocycles. The van der Waals surface area contributed by atoms with Crippen molar-refractivity contribution >= 4 is 40.2 Å². The maximum atomic E-state index is 11.7. The van der Waals surface area contributed by atoms with Crippen molar-refractivity contribution in [1.29, 1.82) is 0 Å². The normalized spacial score (nSPS) is 10.5. The average molecular weight is 348 g/mol. The molecule has 0 aliphatic carbocycles. The number of nitrogens with one attached hydrogen (secondary N) is 2. The summed E-state index contributed by atoms with van der Waals surface area (Å²) in [6.07, 6.45) is 1.25. The second kappa shape index (κ2) is 7.87. The van der Waals surface area contributed by atoms with Crippen molar-refractivity contribution in [3.05, 3.63) is 45.0 Å². The van der Waals surface area contributed by atoms with Crippen LogP contribution < -0.4 is 10.7 Å². The molecule has 0 radical (unpaired) electrons. The van der Waals surface area contributed by atoms with Gasteiger partial charge in [0.25, 0.3) is 5.69 Å². The van der Waals surface area contributed by atoms with Crippen molar-refractivity contribution in [1.82, 2.24) is 15.6 Å².